The minimum absolute atomic E-state index is 0.000434. The highest BCUT2D eigenvalue weighted by atomic mass is 19.1. The van der Waals surface area contributed by atoms with Crippen LogP contribution in [0.3, 0.4) is 0 Å². The van der Waals surface area contributed by atoms with Crippen LogP contribution in [0.1, 0.15) is 22.8 Å². The maximum Gasteiger partial charge on any atom is 0.259 e. The van der Waals surface area contributed by atoms with Crippen LogP contribution in [0.25, 0.3) is 0 Å². The molecular weight excluding hydrogens is 329 g/mol. The van der Waals surface area contributed by atoms with E-state index in [1.807, 2.05) is 12.1 Å². The summed E-state index contributed by atoms with van der Waals surface area (Å²) in [6, 6.07) is 18.2. The van der Waals surface area contributed by atoms with E-state index < -0.39 is 11.7 Å². The van der Waals surface area contributed by atoms with Crippen LogP contribution in [0.15, 0.2) is 66.9 Å². The van der Waals surface area contributed by atoms with Crippen LogP contribution in [0.2, 0.25) is 0 Å². The number of anilines is 3. The van der Waals surface area contributed by atoms with Gasteiger partial charge in [-0.15, -0.1) is 0 Å². The van der Waals surface area contributed by atoms with E-state index in [4.69, 9.17) is 0 Å². The van der Waals surface area contributed by atoms with E-state index in [-0.39, 0.29) is 5.56 Å². The molecule has 130 valence electrons. The second-order valence-electron chi connectivity index (χ2n) is 6.39. The Bertz CT molecular complexity index is 955. The fourth-order valence-corrected chi connectivity index (χ4v) is 3.39. The number of amides is 1. The Balaban J connectivity index is 1.54. The third kappa shape index (κ3) is 2.92. The van der Waals surface area contributed by atoms with Gasteiger partial charge < -0.3 is 10.2 Å². The van der Waals surface area contributed by atoms with Crippen molar-refractivity contribution in [2.45, 2.75) is 19.4 Å². The highest BCUT2D eigenvalue weighted by Gasteiger charge is 2.26. The molecule has 5 heteroatoms. The number of benzene rings is 2. The van der Waals surface area contributed by atoms with Gasteiger partial charge in [0.2, 0.25) is 0 Å². The van der Waals surface area contributed by atoms with E-state index in [9.17, 15) is 9.18 Å². The average molecular weight is 347 g/mol. The van der Waals surface area contributed by atoms with Gasteiger partial charge in [0.1, 0.15) is 11.6 Å². The van der Waals surface area contributed by atoms with Crippen molar-refractivity contribution in [3.63, 3.8) is 0 Å². The number of pyridine rings is 1. The first kappa shape index (κ1) is 16.3. The number of hydrogen-bond acceptors (Lipinski definition) is 3. The van der Waals surface area contributed by atoms with Crippen molar-refractivity contribution >= 4 is 23.1 Å². The molecule has 0 saturated carbocycles. The van der Waals surface area contributed by atoms with Gasteiger partial charge in [-0.2, -0.15) is 0 Å². The smallest absolute Gasteiger partial charge is 0.259 e. The minimum Gasteiger partial charge on any atom is -0.337 e. The molecule has 4 nitrogen and oxygen atoms in total. The van der Waals surface area contributed by atoms with Crippen molar-refractivity contribution in [2.24, 2.45) is 0 Å². The average Bonchev–Trinajstić information content (AvgIpc) is 2.98. The molecule has 0 fully saturated rings. The van der Waals surface area contributed by atoms with E-state index in [1.165, 1.54) is 23.4 Å². The molecule has 1 aliphatic rings. The molecule has 3 aromatic rings. The predicted molar refractivity (Wildman–Crippen MR) is 100 cm³/mol. The molecule has 0 radical (unpaired) electrons. The number of fused-ring (bicyclic) bond motifs is 1. The van der Waals surface area contributed by atoms with Crippen molar-refractivity contribution in [1.82, 2.24) is 4.98 Å². The first-order chi connectivity index (χ1) is 12.6. The summed E-state index contributed by atoms with van der Waals surface area (Å²) >= 11 is 0. The molecule has 1 aromatic heterocycles. The number of hydrogen-bond donors (Lipinski definition) is 1. The fourth-order valence-electron chi connectivity index (χ4n) is 3.39. The van der Waals surface area contributed by atoms with Crippen LogP contribution < -0.4 is 10.2 Å². The summed E-state index contributed by atoms with van der Waals surface area (Å²) in [6.07, 6.45) is 2.72. The Labute approximate surface area is 151 Å². The monoisotopic (exact) mass is 347 g/mol. The third-order valence-corrected chi connectivity index (χ3v) is 4.59. The topological polar surface area (TPSA) is 45.2 Å². The molecule has 1 atom stereocenters. The number of carbonyl (C=O) groups is 1. The second kappa shape index (κ2) is 6.59. The molecule has 0 bridgehead atoms. The number of aromatic nitrogens is 1. The fraction of sp³-hybridized carbons (Fsp3) is 0.143. The summed E-state index contributed by atoms with van der Waals surface area (Å²) in [4.78, 5) is 18.8. The van der Waals surface area contributed by atoms with Crippen LogP contribution in [-0.2, 0) is 6.42 Å². The summed E-state index contributed by atoms with van der Waals surface area (Å²) < 4.78 is 13.7. The molecule has 1 amide bonds. The Morgan fingerprint density at radius 3 is 2.65 bits per heavy atom. The molecule has 0 saturated heterocycles. The Hall–Kier alpha value is -3.21. The zero-order valence-corrected chi connectivity index (χ0v) is 14.3. The number of carbonyl (C=O) groups excluding carboxylic acids is 1. The summed E-state index contributed by atoms with van der Waals surface area (Å²) in [5.74, 6) is -0.672. The summed E-state index contributed by atoms with van der Waals surface area (Å²) in [6.45, 7) is 2.17. The lowest BCUT2D eigenvalue weighted by Crippen LogP contribution is -2.24. The Kier molecular flexibility index (Phi) is 4.13. The van der Waals surface area contributed by atoms with Crippen molar-refractivity contribution in [3.05, 3.63) is 83.8 Å². The van der Waals surface area contributed by atoms with Crippen molar-refractivity contribution in [2.75, 3.05) is 10.2 Å². The molecule has 0 aliphatic carbocycles. The predicted octanol–water partition coefficient (Wildman–Crippen LogP) is 4.56. The van der Waals surface area contributed by atoms with Gasteiger partial charge in [0.05, 0.1) is 17.4 Å². The van der Waals surface area contributed by atoms with E-state index in [2.05, 4.69) is 40.3 Å². The quantitative estimate of drug-likeness (QED) is 0.756. The number of para-hydroxylation sites is 1. The first-order valence-corrected chi connectivity index (χ1v) is 8.52. The lowest BCUT2D eigenvalue weighted by atomic mass is 10.1. The van der Waals surface area contributed by atoms with Crippen LogP contribution in [-0.4, -0.2) is 16.9 Å². The largest absolute Gasteiger partial charge is 0.337 e. The molecule has 1 N–H and O–H groups in total. The van der Waals surface area contributed by atoms with Gasteiger partial charge in [-0.1, -0.05) is 30.3 Å². The number of nitrogens with one attached hydrogen (secondary N) is 1. The maximum atomic E-state index is 13.7. The maximum absolute atomic E-state index is 13.7. The molecular formula is C21H18FN3O. The van der Waals surface area contributed by atoms with Gasteiger partial charge in [-0.25, -0.2) is 9.37 Å². The molecule has 2 aromatic carbocycles. The van der Waals surface area contributed by atoms with Gasteiger partial charge in [-0.05, 0) is 49.2 Å². The van der Waals surface area contributed by atoms with Gasteiger partial charge >= 0.3 is 0 Å². The SMILES string of the molecule is CC1Cc2ccccc2N1c1ccc(NC(=O)c2ccccc2F)nc1. The zero-order chi connectivity index (χ0) is 18.1. The van der Waals surface area contributed by atoms with Crippen molar-refractivity contribution in [3.8, 4) is 0 Å². The number of nitrogens with zero attached hydrogens (tertiary/aromatic N) is 2. The van der Waals surface area contributed by atoms with Crippen LogP contribution >= 0.6 is 0 Å². The molecule has 0 spiro atoms. The van der Waals surface area contributed by atoms with Gasteiger partial charge in [0, 0.05) is 11.7 Å². The number of halogens is 1. The Morgan fingerprint density at radius 1 is 1.12 bits per heavy atom. The van der Waals surface area contributed by atoms with Gasteiger partial charge in [-0.3, -0.25) is 4.79 Å². The lowest BCUT2D eigenvalue weighted by Gasteiger charge is -2.24. The zero-order valence-electron chi connectivity index (χ0n) is 14.3. The molecule has 2 heterocycles. The highest BCUT2D eigenvalue weighted by Crippen LogP contribution is 2.37. The van der Waals surface area contributed by atoms with E-state index in [0.717, 1.165) is 12.1 Å². The van der Waals surface area contributed by atoms with Gasteiger partial charge in [0.25, 0.3) is 5.91 Å². The summed E-state index contributed by atoms with van der Waals surface area (Å²) in [5, 5.41) is 2.64. The van der Waals surface area contributed by atoms with Crippen LogP contribution in [0, 0.1) is 5.82 Å². The molecule has 26 heavy (non-hydrogen) atoms. The van der Waals surface area contributed by atoms with Crippen LogP contribution in [0.5, 0.6) is 0 Å². The number of rotatable bonds is 3. The van der Waals surface area contributed by atoms with E-state index >= 15 is 0 Å². The lowest BCUT2D eigenvalue weighted by molar-refractivity contribution is 0.102. The first-order valence-electron chi connectivity index (χ1n) is 8.52. The highest BCUT2D eigenvalue weighted by molar-refractivity contribution is 6.04. The summed E-state index contributed by atoms with van der Waals surface area (Å²) in [5.41, 5.74) is 3.47. The Morgan fingerprint density at radius 2 is 1.88 bits per heavy atom. The van der Waals surface area contributed by atoms with E-state index in [0.29, 0.717) is 11.9 Å². The molecule has 1 unspecified atom stereocenters. The standard InChI is InChI=1S/C21H18FN3O/c1-14-12-15-6-2-5-9-19(15)25(14)16-10-11-20(23-13-16)24-21(26)17-7-3-4-8-18(17)22/h2-11,13-14H,12H2,1H3,(H,23,24,26). The van der Waals surface area contributed by atoms with Crippen molar-refractivity contribution < 1.29 is 9.18 Å². The third-order valence-electron chi connectivity index (χ3n) is 4.59. The normalized spacial score (nSPS) is 15.6. The molecule has 4 rings (SSSR count). The minimum atomic E-state index is -0.552. The van der Waals surface area contributed by atoms with Crippen molar-refractivity contribution in [1.29, 1.82) is 0 Å². The molecule has 1 aliphatic heterocycles. The second-order valence-corrected chi connectivity index (χ2v) is 6.39. The van der Waals surface area contributed by atoms with Gasteiger partial charge in [0.15, 0.2) is 0 Å². The van der Waals surface area contributed by atoms with E-state index in [1.54, 1.807) is 24.4 Å². The summed E-state index contributed by atoms with van der Waals surface area (Å²) in [7, 11) is 0. The van der Waals surface area contributed by atoms with Crippen LogP contribution in [0.4, 0.5) is 21.6 Å².